The highest BCUT2D eigenvalue weighted by Gasteiger charge is 2.20. The van der Waals surface area contributed by atoms with Crippen LogP contribution in [-0.2, 0) is 0 Å². The van der Waals surface area contributed by atoms with Crippen molar-refractivity contribution in [2.24, 2.45) is 0 Å². The molecule has 1 aromatic carbocycles. The average Bonchev–Trinajstić information content (AvgIpc) is 2.17. The van der Waals surface area contributed by atoms with E-state index in [1.54, 1.807) is 0 Å². The maximum atomic E-state index is 12.1. The lowest BCUT2D eigenvalue weighted by Gasteiger charge is -2.11. The van der Waals surface area contributed by atoms with Gasteiger partial charge in [0.05, 0.1) is 7.11 Å². The van der Waals surface area contributed by atoms with Crippen molar-refractivity contribution in [1.82, 2.24) is 0 Å². The van der Waals surface area contributed by atoms with Gasteiger partial charge in [-0.1, -0.05) is 6.07 Å². The van der Waals surface area contributed by atoms with Crippen molar-refractivity contribution in [1.29, 1.82) is 0 Å². The zero-order valence-corrected chi connectivity index (χ0v) is 7.45. The molecule has 0 aliphatic rings. The molecule has 0 saturated carbocycles. The van der Waals surface area contributed by atoms with E-state index in [1.165, 1.54) is 25.3 Å². The summed E-state index contributed by atoms with van der Waals surface area (Å²) in [4.78, 5) is 0. The first-order chi connectivity index (χ1) is 6.56. The third-order valence-corrected chi connectivity index (χ3v) is 1.78. The first kappa shape index (κ1) is 10.7. The SMILES string of the molecule is COc1cc(C(O)C(F)F)ccc1O. The van der Waals surface area contributed by atoms with Gasteiger partial charge >= 0.3 is 0 Å². The summed E-state index contributed by atoms with van der Waals surface area (Å²) < 4.78 is 28.9. The fourth-order valence-corrected chi connectivity index (χ4v) is 1.02. The Kier molecular flexibility index (Phi) is 3.24. The van der Waals surface area contributed by atoms with Crippen LogP contribution in [0.3, 0.4) is 0 Å². The van der Waals surface area contributed by atoms with Gasteiger partial charge < -0.3 is 14.9 Å². The van der Waals surface area contributed by atoms with E-state index >= 15 is 0 Å². The van der Waals surface area contributed by atoms with Crippen molar-refractivity contribution >= 4 is 0 Å². The molecule has 3 nitrogen and oxygen atoms in total. The third kappa shape index (κ3) is 2.11. The smallest absolute Gasteiger partial charge is 0.268 e. The van der Waals surface area contributed by atoms with E-state index in [9.17, 15) is 8.78 Å². The Balaban J connectivity index is 3.00. The van der Waals surface area contributed by atoms with Crippen LogP contribution in [0.2, 0.25) is 0 Å². The minimum Gasteiger partial charge on any atom is -0.504 e. The van der Waals surface area contributed by atoms with Crippen LogP contribution >= 0.6 is 0 Å². The van der Waals surface area contributed by atoms with Crippen LogP contribution in [-0.4, -0.2) is 23.7 Å². The monoisotopic (exact) mass is 204 g/mol. The molecule has 0 aromatic heterocycles. The zero-order chi connectivity index (χ0) is 10.7. The maximum Gasteiger partial charge on any atom is 0.268 e. The van der Waals surface area contributed by atoms with Crippen LogP contribution in [0.5, 0.6) is 11.5 Å². The standard InChI is InChI=1S/C9H10F2O3/c1-14-7-4-5(2-3-6(7)12)8(13)9(10)11/h2-4,8-9,12-13H,1H3. The van der Waals surface area contributed by atoms with E-state index < -0.39 is 12.5 Å². The highest BCUT2D eigenvalue weighted by molar-refractivity contribution is 5.42. The Labute approximate surface area is 79.6 Å². The maximum absolute atomic E-state index is 12.1. The van der Waals surface area contributed by atoms with Crippen molar-refractivity contribution in [2.45, 2.75) is 12.5 Å². The molecule has 1 rings (SSSR count). The first-order valence-corrected chi connectivity index (χ1v) is 3.89. The fourth-order valence-electron chi connectivity index (χ4n) is 1.02. The molecule has 14 heavy (non-hydrogen) atoms. The van der Waals surface area contributed by atoms with Gasteiger partial charge in [-0.3, -0.25) is 0 Å². The lowest BCUT2D eigenvalue weighted by Crippen LogP contribution is -2.07. The number of phenolic OH excluding ortho intramolecular Hbond substituents is 1. The van der Waals surface area contributed by atoms with E-state index in [0.717, 1.165) is 0 Å². The van der Waals surface area contributed by atoms with Crippen molar-refractivity contribution < 1.29 is 23.7 Å². The summed E-state index contributed by atoms with van der Waals surface area (Å²) in [6, 6.07) is 3.58. The molecule has 2 N–H and O–H groups in total. The summed E-state index contributed by atoms with van der Waals surface area (Å²) in [5, 5.41) is 18.2. The summed E-state index contributed by atoms with van der Waals surface area (Å²) in [6.07, 6.45) is -4.71. The summed E-state index contributed by atoms with van der Waals surface area (Å²) in [6.45, 7) is 0. The molecule has 0 spiro atoms. The Morgan fingerprint density at radius 1 is 1.36 bits per heavy atom. The largest absolute Gasteiger partial charge is 0.504 e. The number of phenols is 1. The molecule has 0 fully saturated rings. The Morgan fingerprint density at radius 3 is 2.50 bits per heavy atom. The van der Waals surface area contributed by atoms with Crippen LogP contribution in [0.4, 0.5) is 8.78 Å². The molecule has 1 atom stereocenters. The van der Waals surface area contributed by atoms with Gasteiger partial charge in [0.1, 0.15) is 6.10 Å². The van der Waals surface area contributed by atoms with Gasteiger partial charge in [-0.2, -0.15) is 0 Å². The Bertz CT molecular complexity index is 315. The predicted molar refractivity (Wildman–Crippen MR) is 45.6 cm³/mol. The predicted octanol–water partition coefficient (Wildman–Crippen LogP) is 1.70. The lowest BCUT2D eigenvalue weighted by atomic mass is 10.1. The van der Waals surface area contributed by atoms with Gasteiger partial charge in [0.15, 0.2) is 11.5 Å². The molecule has 5 heteroatoms. The number of alkyl halides is 2. The van der Waals surface area contributed by atoms with Crippen LogP contribution < -0.4 is 4.74 Å². The number of aromatic hydroxyl groups is 1. The van der Waals surface area contributed by atoms with Crippen LogP contribution in [0, 0.1) is 0 Å². The minimum atomic E-state index is -2.86. The van der Waals surface area contributed by atoms with Crippen molar-refractivity contribution in [3.8, 4) is 11.5 Å². The summed E-state index contributed by atoms with van der Waals surface area (Å²) in [5.41, 5.74) is 0.00894. The quantitative estimate of drug-likeness (QED) is 0.787. The lowest BCUT2D eigenvalue weighted by molar-refractivity contribution is -0.00589. The van der Waals surface area contributed by atoms with Gasteiger partial charge in [-0.05, 0) is 17.7 Å². The fraction of sp³-hybridized carbons (Fsp3) is 0.333. The van der Waals surface area contributed by atoms with Crippen molar-refractivity contribution in [3.05, 3.63) is 23.8 Å². The van der Waals surface area contributed by atoms with E-state index in [2.05, 4.69) is 0 Å². The minimum absolute atomic E-state index is 0.00894. The topological polar surface area (TPSA) is 49.7 Å². The Hall–Kier alpha value is -1.36. The van der Waals surface area contributed by atoms with Crippen LogP contribution in [0.15, 0.2) is 18.2 Å². The average molecular weight is 204 g/mol. The number of halogens is 2. The molecule has 1 aromatic rings. The number of hydrogen-bond acceptors (Lipinski definition) is 3. The van der Waals surface area contributed by atoms with Crippen molar-refractivity contribution in [3.63, 3.8) is 0 Å². The van der Waals surface area contributed by atoms with Crippen LogP contribution in [0.25, 0.3) is 0 Å². The summed E-state index contributed by atoms with van der Waals surface area (Å²) in [7, 11) is 1.30. The van der Waals surface area contributed by atoms with E-state index in [4.69, 9.17) is 14.9 Å². The molecule has 0 saturated heterocycles. The van der Waals surface area contributed by atoms with E-state index in [0.29, 0.717) is 0 Å². The number of ether oxygens (including phenoxy) is 1. The number of rotatable bonds is 3. The second-order valence-corrected chi connectivity index (χ2v) is 2.71. The number of aliphatic hydroxyl groups excluding tert-OH is 1. The van der Waals surface area contributed by atoms with Gasteiger partial charge in [0.2, 0.25) is 0 Å². The highest BCUT2D eigenvalue weighted by atomic mass is 19.3. The Morgan fingerprint density at radius 2 is 2.00 bits per heavy atom. The number of benzene rings is 1. The van der Waals surface area contributed by atoms with Crippen molar-refractivity contribution in [2.75, 3.05) is 7.11 Å². The molecule has 78 valence electrons. The third-order valence-electron chi connectivity index (χ3n) is 1.78. The normalized spacial score (nSPS) is 12.9. The zero-order valence-electron chi connectivity index (χ0n) is 7.45. The highest BCUT2D eigenvalue weighted by Crippen LogP contribution is 2.30. The molecule has 1 unspecified atom stereocenters. The van der Waals surface area contributed by atoms with Gasteiger partial charge in [0, 0.05) is 0 Å². The first-order valence-electron chi connectivity index (χ1n) is 3.89. The molecule has 0 bridgehead atoms. The van der Waals surface area contributed by atoms with Gasteiger partial charge in [-0.15, -0.1) is 0 Å². The summed E-state index contributed by atoms with van der Waals surface area (Å²) in [5.74, 6) is -0.0973. The van der Waals surface area contributed by atoms with Crippen LogP contribution in [0.1, 0.15) is 11.7 Å². The molecule has 0 aliphatic carbocycles. The number of aliphatic hydroxyl groups is 1. The summed E-state index contributed by atoms with van der Waals surface area (Å²) >= 11 is 0. The molecular weight excluding hydrogens is 194 g/mol. The molecule has 0 amide bonds. The van der Waals surface area contributed by atoms with Gasteiger partial charge in [-0.25, -0.2) is 8.78 Å². The van der Waals surface area contributed by atoms with Gasteiger partial charge in [0.25, 0.3) is 6.43 Å². The van der Waals surface area contributed by atoms with E-state index in [1.807, 2.05) is 0 Å². The van der Waals surface area contributed by atoms with E-state index in [-0.39, 0.29) is 17.1 Å². The number of methoxy groups -OCH3 is 1. The molecular formula is C9H10F2O3. The molecule has 0 heterocycles. The second kappa shape index (κ2) is 4.23. The molecule has 0 aliphatic heterocycles. The molecule has 0 radical (unpaired) electrons. The second-order valence-electron chi connectivity index (χ2n) is 2.71. The number of hydrogen-bond donors (Lipinski definition) is 2.